The van der Waals surface area contributed by atoms with Gasteiger partial charge in [-0.1, -0.05) is 11.3 Å². The summed E-state index contributed by atoms with van der Waals surface area (Å²) in [6.45, 7) is 0. The lowest BCUT2D eigenvalue weighted by atomic mass is 10.6. The standard InChI is InChI=1S/C9H3ClF2N8S/c10-9(11,12)6-15-16-8-20(6)18-5(21-8)4-14-7-13-2-1-3-19(7)17-4/h1-3H. The molecule has 8 nitrogen and oxygen atoms in total. The molecule has 0 fully saturated rings. The highest BCUT2D eigenvalue weighted by Crippen LogP contribution is 2.32. The summed E-state index contributed by atoms with van der Waals surface area (Å²) < 4.78 is 28.7. The molecule has 0 N–H and O–H groups in total. The first-order valence-electron chi connectivity index (χ1n) is 5.49. The maximum Gasteiger partial charge on any atom is 0.383 e. The minimum atomic E-state index is -3.65. The maximum atomic E-state index is 13.2. The molecule has 0 atom stereocenters. The Hall–Kier alpha value is -2.27. The number of hydrogen-bond donors (Lipinski definition) is 0. The van der Waals surface area contributed by atoms with Crippen LogP contribution < -0.4 is 0 Å². The maximum absolute atomic E-state index is 13.2. The highest BCUT2D eigenvalue weighted by molar-refractivity contribution is 7.19. The second-order valence-electron chi connectivity index (χ2n) is 3.92. The first-order valence-corrected chi connectivity index (χ1v) is 6.69. The highest BCUT2D eigenvalue weighted by atomic mass is 35.5. The molecule has 4 aromatic rings. The van der Waals surface area contributed by atoms with Crippen molar-refractivity contribution in [2.24, 2.45) is 0 Å². The van der Waals surface area contributed by atoms with Gasteiger partial charge in [-0.3, -0.25) is 0 Å². The predicted molar refractivity (Wildman–Crippen MR) is 68.2 cm³/mol. The van der Waals surface area contributed by atoms with Gasteiger partial charge in [-0.05, 0) is 17.7 Å². The Kier molecular flexibility index (Phi) is 2.44. The van der Waals surface area contributed by atoms with Gasteiger partial charge in [-0.2, -0.15) is 18.3 Å². The molecule has 0 aliphatic rings. The molecule has 0 aliphatic heterocycles. The predicted octanol–water partition coefficient (Wildman–Crippen LogP) is 1.58. The van der Waals surface area contributed by atoms with E-state index in [4.69, 9.17) is 11.6 Å². The van der Waals surface area contributed by atoms with Gasteiger partial charge in [-0.25, -0.2) is 9.50 Å². The summed E-state index contributed by atoms with van der Waals surface area (Å²) in [5, 5.41) is 11.7. The molecule has 21 heavy (non-hydrogen) atoms. The molecule has 0 radical (unpaired) electrons. The largest absolute Gasteiger partial charge is 0.383 e. The van der Waals surface area contributed by atoms with Crippen molar-refractivity contribution < 1.29 is 8.78 Å². The summed E-state index contributed by atoms with van der Waals surface area (Å²) in [6, 6.07) is 1.69. The molecular weight excluding hydrogens is 326 g/mol. The van der Waals surface area contributed by atoms with E-state index < -0.39 is 11.2 Å². The van der Waals surface area contributed by atoms with Crippen LogP contribution in [0.25, 0.3) is 21.6 Å². The Morgan fingerprint density at radius 1 is 1.24 bits per heavy atom. The van der Waals surface area contributed by atoms with Crippen molar-refractivity contribution >= 4 is 33.7 Å². The average Bonchev–Trinajstić information content (AvgIpc) is 3.09. The van der Waals surface area contributed by atoms with E-state index in [0.29, 0.717) is 10.8 Å². The second kappa shape index (κ2) is 4.11. The van der Waals surface area contributed by atoms with Crippen molar-refractivity contribution in [3.8, 4) is 10.8 Å². The summed E-state index contributed by atoms with van der Waals surface area (Å²) in [4.78, 5) is 8.35. The van der Waals surface area contributed by atoms with E-state index in [-0.39, 0.29) is 10.8 Å². The van der Waals surface area contributed by atoms with Crippen molar-refractivity contribution in [2.75, 3.05) is 0 Å². The summed E-state index contributed by atoms with van der Waals surface area (Å²) in [7, 11) is 0. The number of alkyl halides is 3. The second-order valence-corrected chi connectivity index (χ2v) is 5.35. The fourth-order valence-corrected chi connectivity index (χ4v) is 2.59. The van der Waals surface area contributed by atoms with E-state index in [1.54, 1.807) is 18.5 Å². The normalized spacial score (nSPS) is 12.5. The number of aromatic nitrogens is 8. The third kappa shape index (κ3) is 1.93. The number of nitrogens with zero attached hydrogens (tertiary/aromatic N) is 8. The van der Waals surface area contributed by atoms with Gasteiger partial charge in [0.1, 0.15) is 0 Å². The van der Waals surface area contributed by atoms with Crippen LogP contribution >= 0.6 is 22.9 Å². The third-order valence-corrected chi connectivity index (χ3v) is 3.62. The quantitative estimate of drug-likeness (QED) is 0.519. The van der Waals surface area contributed by atoms with Gasteiger partial charge in [0, 0.05) is 12.4 Å². The summed E-state index contributed by atoms with van der Waals surface area (Å²) in [5.74, 6) is -0.113. The lowest BCUT2D eigenvalue weighted by Crippen LogP contribution is -2.10. The molecule has 4 aromatic heterocycles. The fourth-order valence-electron chi connectivity index (χ4n) is 1.71. The van der Waals surface area contributed by atoms with E-state index >= 15 is 0 Å². The SMILES string of the molecule is FC(F)(Cl)c1nnc2sc(-c3nc4ncccn4n3)nn12. The molecular formula is C9H3ClF2N8S. The molecule has 4 heterocycles. The molecule has 0 spiro atoms. The highest BCUT2D eigenvalue weighted by Gasteiger charge is 2.36. The molecule has 0 unspecified atom stereocenters. The Balaban J connectivity index is 1.89. The van der Waals surface area contributed by atoms with Crippen LogP contribution in [0.15, 0.2) is 18.5 Å². The zero-order valence-electron chi connectivity index (χ0n) is 9.85. The first-order chi connectivity index (χ1) is 10.0. The average molecular weight is 329 g/mol. The zero-order chi connectivity index (χ0) is 14.6. The van der Waals surface area contributed by atoms with E-state index in [1.165, 1.54) is 4.52 Å². The molecule has 12 heteroatoms. The number of rotatable bonds is 2. The molecule has 0 aromatic carbocycles. The summed E-state index contributed by atoms with van der Waals surface area (Å²) in [5.41, 5.74) is 0. The Labute approximate surface area is 123 Å². The van der Waals surface area contributed by atoms with Gasteiger partial charge in [0.25, 0.3) is 5.78 Å². The van der Waals surface area contributed by atoms with Crippen LogP contribution in [0.5, 0.6) is 0 Å². The lowest BCUT2D eigenvalue weighted by molar-refractivity contribution is 0.0821. The topological polar surface area (TPSA) is 86.2 Å². The Morgan fingerprint density at radius 2 is 2.10 bits per heavy atom. The molecule has 4 rings (SSSR count). The molecule has 0 aliphatic carbocycles. The fraction of sp³-hybridized carbons (Fsp3) is 0.111. The van der Waals surface area contributed by atoms with Crippen LogP contribution in [0.1, 0.15) is 5.82 Å². The number of fused-ring (bicyclic) bond motifs is 2. The lowest BCUT2D eigenvalue weighted by Gasteiger charge is -2.01. The summed E-state index contributed by atoms with van der Waals surface area (Å²) in [6.07, 6.45) is 3.23. The van der Waals surface area contributed by atoms with Crippen molar-refractivity contribution in [1.82, 2.24) is 39.4 Å². The minimum Gasteiger partial charge on any atom is -0.220 e. The van der Waals surface area contributed by atoms with Crippen LogP contribution in [-0.4, -0.2) is 39.4 Å². The van der Waals surface area contributed by atoms with Gasteiger partial charge in [0.05, 0.1) is 0 Å². The van der Waals surface area contributed by atoms with Crippen molar-refractivity contribution in [1.29, 1.82) is 0 Å². The minimum absolute atomic E-state index is 0.173. The smallest absolute Gasteiger partial charge is 0.220 e. The van der Waals surface area contributed by atoms with E-state index in [1.807, 2.05) is 0 Å². The van der Waals surface area contributed by atoms with Crippen molar-refractivity contribution in [3.05, 3.63) is 24.3 Å². The molecule has 0 bridgehead atoms. The van der Waals surface area contributed by atoms with E-state index in [0.717, 1.165) is 15.9 Å². The van der Waals surface area contributed by atoms with E-state index in [9.17, 15) is 8.78 Å². The van der Waals surface area contributed by atoms with Crippen molar-refractivity contribution in [2.45, 2.75) is 5.38 Å². The van der Waals surface area contributed by atoms with Crippen LogP contribution in [0, 0.1) is 0 Å². The molecule has 0 saturated heterocycles. The third-order valence-electron chi connectivity index (χ3n) is 2.55. The monoisotopic (exact) mass is 328 g/mol. The van der Waals surface area contributed by atoms with Gasteiger partial charge >= 0.3 is 5.38 Å². The summed E-state index contributed by atoms with van der Waals surface area (Å²) >= 11 is 5.98. The van der Waals surface area contributed by atoms with Gasteiger partial charge in [-0.15, -0.1) is 20.4 Å². The van der Waals surface area contributed by atoms with Crippen LogP contribution in [0.2, 0.25) is 0 Å². The number of halogens is 3. The molecule has 106 valence electrons. The van der Waals surface area contributed by atoms with E-state index in [2.05, 4.69) is 30.4 Å². The van der Waals surface area contributed by atoms with Gasteiger partial charge in [0.2, 0.25) is 16.6 Å². The Morgan fingerprint density at radius 3 is 2.86 bits per heavy atom. The Bertz CT molecular complexity index is 921. The van der Waals surface area contributed by atoms with Crippen LogP contribution in [-0.2, 0) is 5.38 Å². The van der Waals surface area contributed by atoms with Crippen LogP contribution in [0.4, 0.5) is 8.78 Å². The van der Waals surface area contributed by atoms with Crippen molar-refractivity contribution in [3.63, 3.8) is 0 Å². The first kappa shape index (κ1) is 12.5. The zero-order valence-corrected chi connectivity index (χ0v) is 11.4. The van der Waals surface area contributed by atoms with Crippen LogP contribution in [0.3, 0.4) is 0 Å². The molecule has 0 amide bonds. The van der Waals surface area contributed by atoms with Gasteiger partial charge in [0.15, 0.2) is 5.01 Å². The number of hydrogen-bond acceptors (Lipinski definition) is 7. The molecule has 0 saturated carbocycles. The van der Waals surface area contributed by atoms with Gasteiger partial charge < -0.3 is 0 Å².